The molecule has 1 amide bonds. The van der Waals surface area contributed by atoms with Gasteiger partial charge in [-0.15, -0.1) is 0 Å². The minimum Gasteiger partial charge on any atom is -0.477 e. The Hall–Kier alpha value is -2.83. The lowest BCUT2D eigenvalue weighted by Crippen LogP contribution is -2.17. The second-order valence-electron chi connectivity index (χ2n) is 4.24. The lowest BCUT2D eigenvalue weighted by atomic mass is 10.1. The van der Waals surface area contributed by atoms with Gasteiger partial charge in [0, 0.05) is 11.9 Å². The van der Waals surface area contributed by atoms with Crippen LogP contribution in [0.5, 0.6) is 0 Å². The smallest absolute Gasteiger partial charge is 0.354 e. The van der Waals surface area contributed by atoms with Crippen LogP contribution in [0.25, 0.3) is 0 Å². The van der Waals surface area contributed by atoms with Crippen molar-refractivity contribution in [2.75, 3.05) is 5.32 Å². The van der Waals surface area contributed by atoms with E-state index >= 15 is 0 Å². The Morgan fingerprint density at radius 1 is 1.24 bits per heavy atom. The van der Waals surface area contributed by atoms with Crippen molar-refractivity contribution >= 4 is 17.6 Å². The number of benzene rings is 1. The molecule has 1 heterocycles. The molecule has 108 valence electrons. The minimum absolute atomic E-state index is 0.0766. The highest BCUT2D eigenvalue weighted by atomic mass is 19.1. The van der Waals surface area contributed by atoms with Gasteiger partial charge in [-0.3, -0.25) is 4.79 Å². The van der Waals surface area contributed by atoms with Crippen molar-refractivity contribution < 1.29 is 23.5 Å². The Bertz CT molecular complexity index is 732. The molecule has 5 nitrogen and oxygen atoms in total. The van der Waals surface area contributed by atoms with Gasteiger partial charge in [0.15, 0.2) is 0 Å². The molecule has 0 fully saturated rings. The van der Waals surface area contributed by atoms with E-state index < -0.39 is 29.1 Å². The fraction of sp³-hybridized carbons (Fsp3) is 0.0714. The first-order valence-electron chi connectivity index (χ1n) is 5.85. The third-order valence-corrected chi connectivity index (χ3v) is 2.75. The van der Waals surface area contributed by atoms with Crippen LogP contribution in [0, 0.1) is 18.6 Å². The molecule has 0 aliphatic rings. The predicted octanol–water partition coefficient (Wildman–Crippen LogP) is 2.62. The number of amides is 1. The van der Waals surface area contributed by atoms with Crippen LogP contribution < -0.4 is 5.32 Å². The molecule has 0 atom stereocenters. The molecule has 2 rings (SSSR count). The fourth-order valence-corrected chi connectivity index (χ4v) is 1.68. The molecule has 1 aromatic heterocycles. The van der Waals surface area contributed by atoms with Gasteiger partial charge in [0.2, 0.25) is 0 Å². The van der Waals surface area contributed by atoms with Crippen molar-refractivity contribution in [2.24, 2.45) is 0 Å². The van der Waals surface area contributed by atoms with E-state index in [9.17, 15) is 18.4 Å². The Balaban J connectivity index is 2.33. The van der Waals surface area contributed by atoms with Gasteiger partial charge in [-0.2, -0.15) is 0 Å². The van der Waals surface area contributed by atoms with Gasteiger partial charge in [-0.1, -0.05) is 6.07 Å². The zero-order valence-electron chi connectivity index (χ0n) is 10.9. The Morgan fingerprint density at radius 2 is 1.95 bits per heavy atom. The molecule has 21 heavy (non-hydrogen) atoms. The maximum atomic E-state index is 13.8. The highest BCUT2D eigenvalue weighted by Crippen LogP contribution is 2.18. The summed E-state index contributed by atoms with van der Waals surface area (Å²) in [6.45, 7) is 1.40. The number of aromatic carboxylic acids is 1. The first kappa shape index (κ1) is 14.6. The van der Waals surface area contributed by atoms with Crippen LogP contribution in [0.1, 0.15) is 26.4 Å². The number of carboxylic acids is 1. The third-order valence-electron chi connectivity index (χ3n) is 2.75. The first-order chi connectivity index (χ1) is 9.90. The third kappa shape index (κ3) is 3.02. The zero-order valence-corrected chi connectivity index (χ0v) is 10.9. The zero-order chi connectivity index (χ0) is 15.6. The number of halogens is 2. The van der Waals surface area contributed by atoms with Crippen LogP contribution >= 0.6 is 0 Å². The molecule has 0 unspecified atom stereocenters. The molecule has 2 aromatic rings. The standard InChI is InChI=1S/C14H10F2N2O3/c1-7-2-3-9(15)11(12(7)16)13(19)18-8-4-5-17-10(6-8)14(20)21/h2-6H,1H3,(H,20,21)(H,17,18,19). The van der Waals surface area contributed by atoms with E-state index in [0.29, 0.717) is 0 Å². The number of carbonyl (C=O) groups is 2. The van der Waals surface area contributed by atoms with E-state index in [2.05, 4.69) is 10.3 Å². The number of carbonyl (C=O) groups excluding carboxylic acids is 1. The quantitative estimate of drug-likeness (QED) is 0.911. The molecule has 0 saturated heterocycles. The van der Waals surface area contributed by atoms with Crippen LogP contribution in [-0.4, -0.2) is 22.0 Å². The lowest BCUT2D eigenvalue weighted by Gasteiger charge is -2.08. The molecular weight excluding hydrogens is 282 g/mol. The molecule has 0 aliphatic heterocycles. The average Bonchev–Trinajstić information content (AvgIpc) is 2.43. The highest BCUT2D eigenvalue weighted by Gasteiger charge is 2.19. The largest absolute Gasteiger partial charge is 0.477 e. The molecule has 0 bridgehead atoms. The van der Waals surface area contributed by atoms with Crippen LogP contribution in [-0.2, 0) is 0 Å². The van der Waals surface area contributed by atoms with E-state index in [-0.39, 0.29) is 16.9 Å². The monoisotopic (exact) mass is 292 g/mol. The van der Waals surface area contributed by atoms with Crippen molar-refractivity contribution in [1.82, 2.24) is 4.98 Å². The number of nitrogens with one attached hydrogen (secondary N) is 1. The summed E-state index contributed by atoms with van der Waals surface area (Å²) in [5.74, 6) is -4.24. The molecular formula is C14H10F2N2O3. The highest BCUT2D eigenvalue weighted by molar-refractivity contribution is 6.05. The van der Waals surface area contributed by atoms with Crippen LogP contribution in [0.2, 0.25) is 0 Å². The summed E-state index contributed by atoms with van der Waals surface area (Å²) >= 11 is 0. The molecule has 7 heteroatoms. The molecule has 0 saturated carbocycles. The summed E-state index contributed by atoms with van der Waals surface area (Å²) in [5.41, 5.74) is -0.808. The Kier molecular flexibility index (Phi) is 3.93. The van der Waals surface area contributed by atoms with E-state index in [1.54, 1.807) is 0 Å². The summed E-state index contributed by atoms with van der Waals surface area (Å²) in [6, 6.07) is 4.61. The lowest BCUT2D eigenvalue weighted by molar-refractivity contribution is 0.0690. The van der Waals surface area contributed by atoms with Crippen molar-refractivity contribution in [3.8, 4) is 0 Å². The number of hydrogen-bond donors (Lipinski definition) is 2. The molecule has 1 aromatic carbocycles. The second kappa shape index (κ2) is 5.66. The second-order valence-corrected chi connectivity index (χ2v) is 4.24. The van der Waals surface area contributed by atoms with Gasteiger partial charge in [0.1, 0.15) is 22.9 Å². The summed E-state index contributed by atoms with van der Waals surface area (Å²) in [6.07, 6.45) is 1.17. The maximum absolute atomic E-state index is 13.8. The van der Waals surface area contributed by atoms with Crippen molar-refractivity contribution in [1.29, 1.82) is 0 Å². The molecule has 0 radical (unpaired) electrons. The molecule has 0 spiro atoms. The Morgan fingerprint density at radius 3 is 2.62 bits per heavy atom. The van der Waals surface area contributed by atoms with Crippen molar-refractivity contribution in [2.45, 2.75) is 6.92 Å². The summed E-state index contributed by atoms with van der Waals surface area (Å²) in [4.78, 5) is 26.3. The Labute approximate surface area is 118 Å². The fourth-order valence-electron chi connectivity index (χ4n) is 1.68. The van der Waals surface area contributed by atoms with Gasteiger partial charge >= 0.3 is 5.97 Å². The van der Waals surface area contributed by atoms with Crippen LogP contribution in [0.4, 0.5) is 14.5 Å². The number of rotatable bonds is 3. The van der Waals surface area contributed by atoms with Gasteiger partial charge in [0.05, 0.1) is 0 Å². The van der Waals surface area contributed by atoms with Gasteiger partial charge in [-0.25, -0.2) is 18.6 Å². The number of hydrogen-bond acceptors (Lipinski definition) is 3. The summed E-state index contributed by atoms with van der Waals surface area (Å²) in [5, 5.41) is 11.0. The maximum Gasteiger partial charge on any atom is 0.354 e. The van der Waals surface area contributed by atoms with Crippen LogP contribution in [0.3, 0.4) is 0 Å². The normalized spacial score (nSPS) is 10.2. The van der Waals surface area contributed by atoms with E-state index in [1.165, 1.54) is 25.3 Å². The first-order valence-corrected chi connectivity index (χ1v) is 5.85. The topological polar surface area (TPSA) is 79.3 Å². The van der Waals surface area contributed by atoms with E-state index in [0.717, 1.165) is 12.1 Å². The van der Waals surface area contributed by atoms with E-state index in [4.69, 9.17) is 5.11 Å². The number of aryl methyl sites for hydroxylation is 1. The summed E-state index contributed by atoms with van der Waals surface area (Å²) in [7, 11) is 0. The number of aromatic nitrogens is 1. The van der Waals surface area contributed by atoms with Gasteiger partial charge < -0.3 is 10.4 Å². The predicted molar refractivity (Wildman–Crippen MR) is 70.2 cm³/mol. The average molecular weight is 292 g/mol. The molecule has 0 aliphatic carbocycles. The molecule has 2 N–H and O–H groups in total. The van der Waals surface area contributed by atoms with Gasteiger partial charge in [0.25, 0.3) is 5.91 Å². The van der Waals surface area contributed by atoms with Crippen molar-refractivity contribution in [3.05, 3.63) is 58.9 Å². The SMILES string of the molecule is Cc1ccc(F)c(C(=O)Nc2ccnc(C(=O)O)c2)c1F. The number of anilines is 1. The van der Waals surface area contributed by atoms with Crippen molar-refractivity contribution in [3.63, 3.8) is 0 Å². The van der Waals surface area contributed by atoms with E-state index in [1.807, 2.05) is 0 Å². The van der Waals surface area contributed by atoms with Crippen LogP contribution in [0.15, 0.2) is 30.5 Å². The number of carboxylic acid groups (broad SMARTS) is 1. The number of nitrogens with zero attached hydrogens (tertiary/aromatic N) is 1. The number of pyridine rings is 1. The minimum atomic E-state index is -1.28. The summed E-state index contributed by atoms with van der Waals surface area (Å²) < 4.78 is 27.4. The van der Waals surface area contributed by atoms with Gasteiger partial charge in [-0.05, 0) is 30.7 Å².